The van der Waals surface area contributed by atoms with Gasteiger partial charge in [-0.15, -0.1) is 0 Å². The number of fused-ring (bicyclic) bond motifs is 1. The molecule has 20 heavy (non-hydrogen) atoms. The maximum atomic E-state index is 12.4. The van der Waals surface area contributed by atoms with Crippen molar-refractivity contribution in [3.05, 3.63) is 35.4 Å². The van der Waals surface area contributed by atoms with Gasteiger partial charge in [0.15, 0.2) is 0 Å². The molecule has 108 valence electrons. The van der Waals surface area contributed by atoms with Crippen LogP contribution in [-0.2, 0) is 16.1 Å². The second kappa shape index (κ2) is 6.05. The number of carboxylic acid groups (broad SMARTS) is 1. The Balaban J connectivity index is 2.16. The van der Waals surface area contributed by atoms with Crippen LogP contribution in [0.2, 0.25) is 0 Å². The summed E-state index contributed by atoms with van der Waals surface area (Å²) in [6.07, 6.45) is 0. The summed E-state index contributed by atoms with van der Waals surface area (Å²) in [5.41, 5.74) is 2.08. The minimum atomic E-state index is -0.995. The highest BCUT2D eigenvalue weighted by molar-refractivity contribution is 5.88. The third-order valence-corrected chi connectivity index (χ3v) is 3.64. The lowest BCUT2D eigenvalue weighted by molar-refractivity contribution is -0.143. The van der Waals surface area contributed by atoms with Crippen LogP contribution in [0.25, 0.3) is 0 Å². The van der Waals surface area contributed by atoms with Crippen LogP contribution in [-0.4, -0.2) is 29.6 Å². The van der Waals surface area contributed by atoms with Crippen molar-refractivity contribution < 1.29 is 14.7 Å². The van der Waals surface area contributed by atoms with Crippen molar-refractivity contribution in [1.82, 2.24) is 10.6 Å². The second-order valence-corrected chi connectivity index (χ2v) is 5.45. The smallest absolute Gasteiger partial charge is 0.326 e. The molecule has 0 spiro atoms. The maximum absolute atomic E-state index is 12.4. The molecule has 2 rings (SSSR count). The molecule has 1 aromatic rings. The van der Waals surface area contributed by atoms with Crippen LogP contribution in [0.5, 0.6) is 0 Å². The number of benzene rings is 1. The number of carbonyl (C=O) groups is 2. The molecule has 5 heteroatoms. The summed E-state index contributed by atoms with van der Waals surface area (Å²) in [5, 5.41) is 15.0. The molecule has 2 atom stereocenters. The molecule has 3 N–H and O–H groups in total. The minimum absolute atomic E-state index is 0.150. The Morgan fingerprint density at radius 3 is 2.70 bits per heavy atom. The molecule has 2 unspecified atom stereocenters. The Bertz CT molecular complexity index is 514. The van der Waals surface area contributed by atoms with Gasteiger partial charge >= 0.3 is 5.97 Å². The third-order valence-electron chi connectivity index (χ3n) is 3.64. The highest BCUT2D eigenvalue weighted by Gasteiger charge is 2.30. The zero-order chi connectivity index (χ0) is 14.7. The fraction of sp³-hybridized carbons (Fsp3) is 0.467. The topological polar surface area (TPSA) is 78.4 Å². The lowest BCUT2D eigenvalue weighted by Crippen LogP contribution is -2.48. The Labute approximate surface area is 118 Å². The first-order valence-corrected chi connectivity index (χ1v) is 6.82. The molecule has 1 heterocycles. The van der Waals surface area contributed by atoms with E-state index in [9.17, 15) is 9.59 Å². The van der Waals surface area contributed by atoms with Gasteiger partial charge < -0.3 is 15.7 Å². The van der Waals surface area contributed by atoms with Crippen molar-refractivity contribution in [2.75, 3.05) is 6.54 Å². The van der Waals surface area contributed by atoms with Crippen molar-refractivity contribution in [3.8, 4) is 0 Å². The van der Waals surface area contributed by atoms with Crippen molar-refractivity contribution in [3.63, 3.8) is 0 Å². The van der Waals surface area contributed by atoms with Gasteiger partial charge in [0, 0.05) is 13.1 Å². The van der Waals surface area contributed by atoms with E-state index in [2.05, 4.69) is 10.6 Å². The molecular formula is C15H20N2O3. The van der Waals surface area contributed by atoms with Crippen LogP contribution < -0.4 is 10.6 Å². The summed E-state index contributed by atoms with van der Waals surface area (Å²) in [6.45, 7) is 4.85. The van der Waals surface area contributed by atoms with Crippen molar-refractivity contribution in [2.24, 2.45) is 5.92 Å². The van der Waals surface area contributed by atoms with Gasteiger partial charge in [0.25, 0.3) is 0 Å². The average Bonchev–Trinajstić information content (AvgIpc) is 2.43. The van der Waals surface area contributed by atoms with Crippen molar-refractivity contribution in [2.45, 2.75) is 32.4 Å². The van der Waals surface area contributed by atoms with Crippen LogP contribution in [0, 0.1) is 5.92 Å². The largest absolute Gasteiger partial charge is 0.480 e. The Morgan fingerprint density at radius 2 is 2.05 bits per heavy atom. The number of rotatable bonds is 4. The summed E-state index contributed by atoms with van der Waals surface area (Å²) in [5.74, 6) is -1.71. The lowest BCUT2D eigenvalue weighted by atomic mass is 9.89. The van der Waals surface area contributed by atoms with Crippen LogP contribution in [0.3, 0.4) is 0 Å². The second-order valence-electron chi connectivity index (χ2n) is 5.45. The molecular weight excluding hydrogens is 256 g/mol. The number of carbonyl (C=O) groups excluding carboxylic acids is 1. The van der Waals surface area contributed by atoms with E-state index < -0.39 is 12.0 Å². The standard InChI is InChI=1S/C15H20N2O3/c1-9(2)13(15(19)20)17-14(18)12-8-16-7-10-5-3-4-6-11(10)12/h3-6,9,12-13,16H,7-8H2,1-2H3,(H,17,18)(H,19,20). The van der Waals surface area contributed by atoms with E-state index in [0.717, 1.165) is 17.7 Å². The summed E-state index contributed by atoms with van der Waals surface area (Å²) in [7, 11) is 0. The molecule has 5 nitrogen and oxygen atoms in total. The molecule has 0 radical (unpaired) electrons. The first kappa shape index (κ1) is 14.5. The van der Waals surface area contributed by atoms with E-state index in [-0.39, 0.29) is 17.7 Å². The molecule has 1 aromatic carbocycles. The first-order valence-electron chi connectivity index (χ1n) is 6.82. The normalized spacial score (nSPS) is 19.2. The summed E-state index contributed by atoms with van der Waals surface area (Å²) >= 11 is 0. The SMILES string of the molecule is CC(C)C(NC(=O)C1CNCc2ccccc21)C(=O)O. The van der Waals surface area contributed by atoms with Crippen molar-refractivity contribution in [1.29, 1.82) is 0 Å². The third kappa shape index (κ3) is 2.99. The number of carboxylic acids is 1. The van der Waals surface area contributed by atoms with E-state index in [4.69, 9.17) is 5.11 Å². The van der Waals surface area contributed by atoms with Gasteiger partial charge in [-0.25, -0.2) is 4.79 Å². The minimum Gasteiger partial charge on any atom is -0.480 e. The fourth-order valence-corrected chi connectivity index (χ4v) is 2.50. The predicted molar refractivity (Wildman–Crippen MR) is 75.3 cm³/mol. The van der Waals surface area contributed by atoms with Gasteiger partial charge in [0.1, 0.15) is 6.04 Å². The van der Waals surface area contributed by atoms with Gasteiger partial charge in [-0.1, -0.05) is 38.1 Å². The molecule has 1 aliphatic rings. The molecule has 0 bridgehead atoms. The number of amides is 1. The summed E-state index contributed by atoms with van der Waals surface area (Å²) < 4.78 is 0. The highest BCUT2D eigenvalue weighted by atomic mass is 16.4. The van der Waals surface area contributed by atoms with Gasteiger partial charge in [-0.2, -0.15) is 0 Å². The van der Waals surface area contributed by atoms with Gasteiger partial charge in [0.2, 0.25) is 5.91 Å². The Hall–Kier alpha value is -1.88. The monoisotopic (exact) mass is 276 g/mol. The maximum Gasteiger partial charge on any atom is 0.326 e. The van der Waals surface area contributed by atoms with E-state index in [1.54, 1.807) is 13.8 Å². The lowest BCUT2D eigenvalue weighted by Gasteiger charge is -2.27. The first-order chi connectivity index (χ1) is 9.50. The Kier molecular flexibility index (Phi) is 4.39. The number of hydrogen-bond acceptors (Lipinski definition) is 3. The molecule has 0 saturated carbocycles. The predicted octanol–water partition coefficient (Wildman–Crippen LogP) is 1.10. The van der Waals surface area contributed by atoms with Crippen LogP contribution in [0.15, 0.2) is 24.3 Å². The Morgan fingerprint density at radius 1 is 1.35 bits per heavy atom. The molecule has 0 saturated heterocycles. The van der Waals surface area contributed by atoms with Crippen LogP contribution >= 0.6 is 0 Å². The average molecular weight is 276 g/mol. The van der Waals surface area contributed by atoms with E-state index in [1.165, 1.54) is 0 Å². The van der Waals surface area contributed by atoms with Crippen LogP contribution in [0.1, 0.15) is 30.9 Å². The fourth-order valence-electron chi connectivity index (χ4n) is 2.50. The highest BCUT2D eigenvalue weighted by Crippen LogP contribution is 2.24. The number of nitrogens with one attached hydrogen (secondary N) is 2. The van der Waals surface area contributed by atoms with Gasteiger partial charge in [0.05, 0.1) is 5.92 Å². The molecule has 0 fully saturated rings. The zero-order valence-corrected chi connectivity index (χ0v) is 11.7. The van der Waals surface area contributed by atoms with Gasteiger partial charge in [-0.05, 0) is 17.0 Å². The summed E-state index contributed by atoms with van der Waals surface area (Å²) in [4.78, 5) is 23.5. The quantitative estimate of drug-likeness (QED) is 0.769. The van der Waals surface area contributed by atoms with Gasteiger partial charge in [-0.3, -0.25) is 4.79 Å². The van der Waals surface area contributed by atoms with Crippen molar-refractivity contribution >= 4 is 11.9 Å². The van der Waals surface area contributed by atoms with Crippen LogP contribution in [0.4, 0.5) is 0 Å². The van der Waals surface area contributed by atoms with E-state index >= 15 is 0 Å². The van der Waals surface area contributed by atoms with E-state index in [1.807, 2.05) is 24.3 Å². The molecule has 0 aliphatic carbocycles. The molecule has 1 amide bonds. The number of hydrogen-bond donors (Lipinski definition) is 3. The zero-order valence-electron chi connectivity index (χ0n) is 11.7. The molecule has 1 aliphatic heterocycles. The van der Waals surface area contributed by atoms with E-state index in [0.29, 0.717) is 6.54 Å². The molecule has 0 aromatic heterocycles. The number of aliphatic carboxylic acids is 1. The summed E-state index contributed by atoms with van der Waals surface area (Å²) in [6, 6.07) is 6.91.